The maximum absolute atomic E-state index is 12.4. The fourth-order valence-corrected chi connectivity index (χ4v) is 4.42. The Labute approximate surface area is 151 Å². The lowest BCUT2D eigenvalue weighted by Crippen LogP contribution is -2.43. The molecule has 1 aliphatic heterocycles. The van der Waals surface area contributed by atoms with Gasteiger partial charge in [-0.15, -0.1) is 10.2 Å². The number of hydrogen-bond acceptors (Lipinski definition) is 6. The average Bonchev–Trinajstić information content (AvgIpc) is 3.03. The van der Waals surface area contributed by atoms with E-state index in [4.69, 9.17) is 0 Å². The van der Waals surface area contributed by atoms with Crippen LogP contribution >= 0.6 is 11.3 Å². The fourth-order valence-electron chi connectivity index (χ4n) is 2.75. The number of sulfonamides is 1. The van der Waals surface area contributed by atoms with Crippen LogP contribution in [0.25, 0.3) is 10.6 Å². The molecule has 3 rings (SSSR count). The van der Waals surface area contributed by atoms with Crippen LogP contribution in [-0.4, -0.2) is 48.2 Å². The monoisotopic (exact) mass is 380 g/mol. The fraction of sp³-hybridized carbons (Fsp3) is 0.438. The highest BCUT2D eigenvalue weighted by atomic mass is 32.2. The number of aromatic nitrogens is 2. The summed E-state index contributed by atoms with van der Waals surface area (Å²) in [6, 6.07) is 7.92. The predicted molar refractivity (Wildman–Crippen MR) is 97.9 cm³/mol. The molecule has 1 aromatic heterocycles. The molecular weight excluding hydrogens is 360 g/mol. The molecule has 0 saturated carbocycles. The van der Waals surface area contributed by atoms with Crippen molar-refractivity contribution < 1.29 is 13.2 Å². The molecule has 0 radical (unpaired) electrons. The van der Waals surface area contributed by atoms with Gasteiger partial charge >= 0.3 is 0 Å². The molecule has 1 aliphatic rings. The molecule has 25 heavy (non-hydrogen) atoms. The van der Waals surface area contributed by atoms with E-state index in [0.29, 0.717) is 24.5 Å². The van der Waals surface area contributed by atoms with Gasteiger partial charge in [0, 0.05) is 18.7 Å². The van der Waals surface area contributed by atoms with Crippen molar-refractivity contribution in [3.05, 3.63) is 29.8 Å². The van der Waals surface area contributed by atoms with Crippen molar-refractivity contribution in [1.82, 2.24) is 14.5 Å². The van der Waals surface area contributed by atoms with E-state index in [1.54, 1.807) is 0 Å². The Bertz CT molecular complexity index is 862. The Morgan fingerprint density at radius 1 is 1.28 bits per heavy atom. The van der Waals surface area contributed by atoms with E-state index in [9.17, 15) is 13.2 Å². The lowest BCUT2D eigenvalue weighted by molar-refractivity contribution is -0.120. The Morgan fingerprint density at radius 3 is 2.68 bits per heavy atom. The molecule has 1 atom stereocenters. The number of carbonyl (C=O) groups excluding carboxylic acids is 1. The number of amides is 1. The van der Waals surface area contributed by atoms with E-state index in [2.05, 4.69) is 15.5 Å². The van der Waals surface area contributed by atoms with Crippen LogP contribution in [-0.2, 0) is 14.8 Å². The van der Waals surface area contributed by atoms with Gasteiger partial charge in [-0.3, -0.25) is 4.79 Å². The third kappa shape index (κ3) is 4.42. The Morgan fingerprint density at radius 2 is 2.00 bits per heavy atom. The number of nitrogens with one attached hydrogen (secondary N) is 1. The molecule has 0 unspecified atom stereocenters. The first-order valence-electron chi connectivity index (χ1n) is 7.99. The van der Waals surface area contributed by atoms with Gasteiger partial charge in [-0.1, -0.05) is 41.2 Å². The highest BCUT2D eigenvalue weighted by Crippen LogP contribution is 2.27. The van der Waals surface area contributed by atoms with Crippen molar-refractivity contribution in [1.29, 1.82) is 0 Å². The first kappa shape index (κ1) is 18.0. The van der Waals surface area contributed by atoms with Crippen LogP contribution < -0.4 is 5.32 Å². The minimum absolute atomic E-state index is 0.208. The number of benzene rings is 1. The third-order valence-electron chi connectivity index (χ3n) is 4.18. The van der Waals surface area contributed by atoms with Gasteiger partial charge in [0.2, 0.25) is 21.1 Å². The maximum Gasteiger partial charge on any atom is 0.230 e. The van der Waals surface area contributed by atoms with Crippen LogP contribution in [0.5, 0.6) is 0 Å². The second-order valence-corrected chi connectivity index (χ2v) is 9.19. The number of carbonyl (C=O) groups is 1. The maximum atomic E-state index is 12.4. The van der Waals surface area contributed by atoms with E-state index in [1.165, 1.54) is 21.9 Å². The lowest BCUT2D eigenvalue weighted by atomic mass is 9.99. The molecule has 0 spiro atoms. The summed E-state index contributed by atoms with van der Waals surface area (Å²) in [4.78, 5) is 12.4. The van der Waals surface area contributed by atoms with E-state index in [-0.39, 0.29) is 18.4 Å². The van der Waals surface area contributed by atoms with Gasteiger partial charge < -0.3 is 5.32 Å². The summed E-state index contributed by atoms with van der Waals surface area (Å²) in [6.45, 7) is 2.70. The van der Waals surface area contributed by atoms with Crippen LogP contribution in [0.15, 0.2) is 24.3 Å². The molecule has 0 aliphatic carbocycles. The average molecular weight is 380 g/mol. The standard InChI is InChI=1S/C16H20N4O3S2/c1-11-5-7-12(8-6-11)15-18-19-16(24-15)17-14(21)13-4-3-9-20(10-13)25(2,22)23/h5-8,13H,3-4,9-10H2,1-2H3,(H,17,19,21)/t13-/m0/s1. The molecule has 134 valence electrons. The number of piperidine rings is 1. The number of aryl methyl sites for hydroxylation is 1. The van der Waals surface area contributed by atoms with Gasteiger partial charge in [0.25, 0.3) is 0 Å². The highest BCUT2D eigenvalue weighted by molar-refractivity contribution is 7.88. The smallest absolute Gasteiger partial charge is 0.230 e. The number of hydrogen-bond donors (Lipinski definition) is 1. The zero-order valence-corrected chi connectivity index (χ0v) is 15.7. The van der Waals surface area contributed by atoms with Gasteiger partial charge in [-0.05, 0) is 19.8 Å². The molecular formula is C16H20N4O3S2. The molecule has 1 amide bonds. The van der Waals surface area contributed by atoms with Crippen molar-refractivity contribution in [3.63, 3.8) is 0 Å². The van der Waals surface area contributed by atoms with Crippen LogP contribution in [0.2, 0.25) is 0 Å². The summed E-state index contributed by atoms with van der Waals surface area (Å²) in [5.41, 5.74) is 2.11. The summed E-state index contributed by atoms with van der Waals surface area (Å²) >= 11 is 1.30. The highest BCUT2D eigenvalue weighted by Gasteiger charge is 2.30. The van der Waals surface area contributed by atoms with Crippen molar-refractivity contribution in [2.75, 3.05) is 24.7 Å². The second-order valence-electron chi connectivity index (χ2n) is 6.23. The first-order valence-corrected chi connectivity index (χ1v) is 10.7. The van der Waals surface area contributed by atoms with Crippen molar-refractivity contribution >= 4 is 32.4 Å². The van der Waals surface area contributed by atoms with Crippen molar-refractivity contribution in [2.24, 2.45) is 5.92 Å². The normalized spacial score (nSPS) is 18.9. The van der Waals surface area contributed by atoms with Crippen LogP contribution in [0.4, 0.5) is 5.13 Å². The van der Waals surface area contributed by atoms with Crippen molar-refractivity contribution in [3.8, 4) is 10.6 Å². The van der Waals surface area contributed by atoms with Gasteiger partial charge in [-0.25, -0.2) is 12.7 Å². The molecule has 1 saturated heterocycles. The largest absolute Gasteiger partial charge is 0.300 e. The van der Waals surface area contributed by atoms with Gasteiger partial charge in [0.15, 0.2) is 0 Å². The van der Waals surface area contributed by atoms with Crippen LogP contribution in [0, 0.1) is 12.8 Å². The minimum atomic E-state index is -3.27. The number of anilines is 1. The van der Waals surface area contributed by atoms with Crippen molar-refractivity contribution in [2.45, 2.75) is 19.8 Å². The Balaban J connectivity index is 1.66. The first-order chi connectivity index (χ1) is 11.8. The van der Waals surface area contributed by atoms with E-state index in [1.807, 2.05) is 31.2 Å². The van der Waals surface area contributed by atoms with Crippen LogP contribution in [0.1, 0.15) is 18.4 Å². The summed E-state index contributed by atoms with van der Waals surface area (Å²) in [7, 11) is -3.27. The quantitative estimate of drug-likeness (QED) is 0.877. The molecule has 1 aromatic carbocycles. The molecule has 7 nitrogen and oxygen atoms in total. The third-order valence-corrected chi connectivity index (χ3v) is 6.34. The molecule has 0 bridgehead atoms. The molecule has 1 N–H and O–H groups in total. The zero-order valence-electron chi connectivity index (χ0n) is 14.1. The number of nitrogens with zero attached hydrogens (tertiary/aromatic N) is 3. The van der Waals surface area contributed by atoms with Gasteiger partial charge in [-0.2, -0.15) is 0 Å². The molecule has 1 fully saturated rings. The topological polar surface area (TPSA) is 92.3 Å². The molecule has 9 heteroatoms. The van der Waals surface area contributed by atoms with E-state index >= 15 is 0 Å². The summed E-state index contributed by atoms with van der Waals surface area (Å²) in [6.07, 6.45) is 2.52. The summed E-state index contributed by atoms with van der Waals surface area (Å²) < 4.78 is 24.7. The van der Waals surface area contributed by atoms with Crippen LogP contribution in [0.3, 0.4) is 0 Å². The van der Waals surface area contributed by atoms with E-state index < -0.39 is 10.0 Å². The van der Waals surface area contributed by atoms with E-state index in [0.717, 1.165) is 16.1 Å². The lowest BCUT2D eigenvalue weighted by Gasteiger charge is -2.29. The molecule has 2 aromatic rings. The SMILES string of the molecule is Cc1ccc(-c2nnc(NC(=O)[C@H]3CCCN(S(C)(=O)=O)C3)s2)cc1. The predicted octanol–water partition coefficient (Wildman–Crippen LogP) is 2.12. The van der Waals surface area contributed by atoms with Gasteiger partial charge in [0.05, 0.1) is 12.2 Å². The second kappa shape index (κ2) is 7.19. The molecule has 2 heterocycles. The summed E-state index contributed by atoms with van der Waals surface area (Å²) in [5, 5.41) is 12.1. The minimum Gasteiger partial charge on any atom is -0.300 e. The zero-order chi connectivity index (χ0) is 18.0. The summed E-state index contributed by atoms with van der Waals surface area (Å²) in [5.74, 6) is -0.574. The van der Waals surface area contributed by atoms with Gasteiger partial charge in [0.1, 0.15) is 5.01 Å². The Kier molecular flexibility index (Phi) is 5.16. The Hall–Kier alpha value is -1.84. The number of rotatable bonds is 4.